The van der Waals surface area contributed by atoms with E-state index in [0.29, 0.717) is 0 Å². The van der Waals surface area contributed by atoms with Crippen LogP contribution in [0.2, 0.25) is 0 Å². The van der Waals surface area contributed by atoms with Crippen molar-refractivity contribution in [1.82, 2.24) is 0 Å². The first-order valence-corrected chi connectivity index (χ1v) is 25.8. The minimum atomic E-state index is 1.09. The van der Waals surface area contributed by atoms with Crippen LogP contribution in [0.25, 0.3) is 118 Å². The van der Waals surface area contributed by atoms with Gasteiger partial charge in [-0.2, -0.15) is 0 Å². The van der Waals surface area contributed by atoms with Gasteiger partial charge in [-0.3, -0.25) is 0 Å². The molecule has 3 heteroatoms. The fraction of sp³-hybridized carbons (Fsp3) is 0. The highest BCUT2D eigenvalue weighted by atomic mass is 32.1. The van der Waals surface area contributed by atoms with Crippen molar-refractivity contribution >= 4 is 102 Å². The van der Waals surface area contributed by atoms with E-state index in [1.54, 1.807) is 0 Å². The quantitative estimate of drug-likeness (QED) is 0.147. The Morgan fingerprint density at radius 2 is 0.746 bits per heavy atom. The zero-order valence-electron chi connectivity index (χ0n) is 38.6. The molecule has 0 aliphatic carbocycles. The van der Waals surface area contributed by atoms with Crippen LogP contribution in [0.1, 0.15) is 0 Å². The molecule has 0 radical (unpaired) electrons. The summed E-state index contributed by atoms with van der Waals surface area (Å²) < 4.78 is 5.33. The molecular formula is C68H43NS2. The first-order chi connectivity index (χ1) is 35.2. The Balaban J connectivity index is 0.812. The van der Waals surface area contributed by atoms with Crippen molar-refractivity contribution in [2.45, 2.75) is 0 Å². The van der Waals surface area contributed by atoms with Crippen molar-refractivity contribution in [2.75, 3.05) is 4.90 Å². The third-order valence-corrected chi connectivity index (χ3v) is 16.7. The van der Waals surface area contributed by atoms with E-state index in [0.717, 1.165) is 17.1 Å². The molecule has 0 N–H and O–H groups in total. The molecule has 1 nitrogen and oxygen atoms in total. The molecule has 0 aliphatic rings. The molecule has 14 aromatic rings. The Morgan fingerprint density at radius 3 is 1.49 bits per heavy atom. The van der Waals surface area contributed by atoms with Crippen LogP contribution in [0, 0.1) is 0 Å². The van der Waals surface area contributed by atoms with Crippen molar-refractivity contribution in [2.24, 2.45) is 0 Å². The lowest BCUT2D eigenvalue weighted by Gasteiger charge is -2.26. The molecule has 14 rings (SSSR count). The second-order valence-electron chi connectivity index (χ2n) is 18.4. The Hall–Kier alpha value is -8.60. The molecule has 0 aliphatic heterocycles. The number of hydrogen-bond donors (Lipinski definition) is 0. The number of fused-ring (bicyclic) bond motifs is 10. The molecule has 12 aromatic carbocycles. The number of rotatable bonds is 8. The Kier molecular flexibility index (Phi) is 9.97. The van der Waals surface area contributed by atoms with Gasteiger partial charge >= 0.3 is 0 Å². The summed E-state index contributed by atoms with van der Waals surface area (Å²) in [5.41, 5.74) is 15.3. The van der Waals surface area contributed by atoms with Crippen LogP contribution in [0.5, 0.6) is 0 Å². The fourth-order valence-corrected chi connectivity index (χ4v) is 13.2. The van der Waals surface area contributed by atoms with Crippen molar-refractivity contribution in [3.8, 4) is 55.6 Å². The van der Waals surface area contributed by atoms with Crippen molar-refractivity contribution in [1.29, 1.82) is 0 Å². The van der Waals surface area contributed by atoms with Crippen LogP contribution in [0.15, 0.2) is 261 Å². The Bertz CT molecular complexity index is 4330. The first-order valence-electron chi connectivity index (χ1n) is 24.2. The fourth-order valence-electron chi connectivity index (χ4n) is 10.7. The molecule has 0 saturated carbocycles. The van der Waals surface area contributed by atoms with Gasteiger partial charge in [0.2, 0.25) is 0 Å². The van der Waals surface area contributed by atoms with Crippen molar-refractivity contribution < 1.29 is 0 Å². The number of nitrogens with zero attached hydrogens (tertiary/aromatic N) is 1. The summed E-state index contributed by atoms with van der Waals surface area (Å²) in [6.45, 7) is 0. The second-order valence-corrected chi connectivity index (χ2v) is 20.5. The molecule has 0 amide bonds. The zero-order chi connectivity index (χ0) is 46.8. The lowest BCUT2D eigenvalue weighted by molar-refractivity contribution is 1.28. The van der Waals surface area contributed by atoms with Gasteiger partial charge in [0.15, 0.2) is 0 Å². The molecule has 0 fully saturated rings. The van der Waals surface area contributed by atoms with Gasteiger partial charge in [-0.25, -0.2) is 0 Å². The van der Waals surface area contributed by atoms with Crippen LogP contribution < -0.4 is 4.90 Å². The maximum Gasteiger partial charge on any atom is 0.0467 e. The first kappa shape index (κ1) is 41.4. The van der Waals surface area contributed by atoms with E-state index < -0.39 is 0 Å². The van der Waals surface area contributed by atoms with E-state index in [1.807, 2.05) is 22.7 Å². The zero-order valence-corrected chi connectivity index (χ0v) is 40.2. The molecular weight excluding hydrogens is 895 g/mol. The maximum atomic E-state index is 2.38. The molecule has 0 saturated heterocycles. The van der Waals surface area contributed by atoms with Crippen molar-refractivity contribution in [3.05, 3.63) is 261 Å². The average molecular weight is 938 g/mol. The van der Waals surface area contributed by atoms with Gasteiger partial charge in [-0.15, -0.1) is 22.7 Å². The highest BCUT2D eigenvalue weighted by molar-refractivity contribution is 7.27. The highest BCUT2D eigenvalue weighted by Crippen LogP contribution is 2.46. The molecule has 71 heavy (non-hydrogen) atoms. The molecule has 332 valence electrons. The normalized spacial score (nSPS) is 11.7. The van der Waals surface area contributed by atoms with Gasteiger partial charge in [0.25, 0.3) is 0 Å². The van der Waals surface area contributed by atoms with Crippen LogP contribution in [-0.2, 0) is 0 Å². The summed E-state index contributed by atoms with van der Waals surface area (Å²) >= 11 is 3.79. The molecule has 0 unspecified atom stereocenters. The SMILES string of the molecule is c1ccc(-c2cccc(N(c3ccc(-c4cccc(-c5ccc6sc7c8ccccc8ccc7c6c5)c4)cc3)c3ccc(-c4cccc(-c5cc6ccccc6c6c5sc5ccccc56)c4)cc3)c2)cc1. The van der Waals surface area contributed by atoms with Crippen LogP contribution in [0.3, 0.4) is 0 Å². The molecule has 2 aromatic heterocycles. The smallest absolute Gasteiger partial charge is 0.0467 e. The van der Waals surface area contributed by atoms with Crippen LogP contribution >= 0.6 is 22.7 Å². The van der Waals surface area contributed by atoms with E-state index in [2.05, 4.69) is 266 Å². The largest absolute Gasteiger partial charge is 0.310 e. The lowest BCUT2D eigenvalue weighted by Crippen LogP contribution is -2.10. The minimum Gasteiger partial charge on any atom is -0.310 e. The summed E-state index contributed by atoms with van der Waals surface area (Å²) in [7, 11) is 0. The average Bonchev–Trinajstić information content (AvgIpc) is 4.03. The van der Waals surface area contributed by atoms with E-state index in [1.165, 1.54) is 118 Å². The number of benzene rings is 12. The molecule has 2 heterocycles. The van der Waals surface area contributed by atoms with Crippen LogP contribution in [-0.4, -0.2) is 0 Å². The third kappa shape index (κ3) is 7.29. The van der Waals surface area contributed by atoms with Gasteiger partial charge < -0.3 is 4.90 Å². The summed E-state index contributed by atoms with van der Waals surface area (Å²) in [6.07, 6.45) is 0. The van der Waals surface area contributed by atoms with E-state index in [4.69, 9.17) is 0 Å². The molecule has 0 bridgehead atoms. The predicted octanol–water partition coefficient (Wildman–Crippen LogP) is 20.5. The standard InChI is InChI=1S/C68H43NS2/c1-2-13-44(14-3-1)51-20-12-22-57(41-51)69(55-33-27-45(28-34-55)48-17-10-19-50(39-48)52-32-38-65-63(42-52)60-37-31-47-15-4-7-24-59(47)67(60)70-65)56-35-29-46(30-36-56)49-18-11-21-53(40-49)62-43-54-16-5-6-23-58(54)66-61-25-8-9-26-64(61)71-68(62)66/h1-43H. The summed E-state index contributed by atoms with van der Waals surface area (Å²) in [5, 5.41) is 10.5. The number of thiophene rings is 2. The van der Waals surface area contributed by atoms with Crippen LogP contribution in [0.4, 0.5) is 17.1 Å². The van der Waals surface area contributed by atoms with E-state index in [9.17, 15) is 0 Å². The summed E-state index contributed by atoms with van der Waals surface area (Å²) in [4.78, 5) is 2.38. The Morgan fingerprint density at radius 1 is 0.239 bits per heavy atom. The van der Waals surface area contributed by atoms with E-state index in [-0.39, 0.29) is 0 Å². The predicted molar refractivity (Wildman–Crippen MR) is 309 cm³/mol. The lowest BCUT2D eigenvalue weighted by atomic mass is 9.94. The molecule has 0 spiro atoms. The van der Waals surface area contributed by atoms with E-state index >= 15 is 0 Å². The minimum absolute atomic E-state index is 1.09. The van der Waals surface area contributed by atoms with Crippen molar-refractivity contribution in [3.63, 3.8) is 0 Å². The van der Waals surface area contributed by atoms with Gasteiger partial charge in [0.05, 0.1) is 0 Å². The van der Waals surface area contributed by atoms with Gasteiger partial charge in [0.1, 0.15) is 0 Å². The van der Waals surface area contributed by atoms with Gasteiger partial charge in [-0.1, -0.05) is 188 Å². The second kappa shape index (κ2) is 17.1. The van der Waals surface area contributed by atoms with Gasteiger partial charge in [0, 0.05) is 63.0 Å². The number of anilines is 3. The maximum absolute atomic E-state index is 2.38. The topological polar surface area (TPSA) is 3.24 Å². The Labute approximate surface area is 420 Å². The monoisotopic (exact) mass is 937 g/mol. The summed E-state index contributed by atoms with van der Waals surface area (Å²) in [6, 6.07) is 96.0. The number of hydrogen-bond acceptors (Lipinski definition) is 3. The summed E-state index contributed by atoms with van der Waals surface area (Å²) in [5.74, 6) is 0. The third-order valence-electron chi connectivity index (χ3n) is 14.2. The molecule has 0 atom stereocenters. The highest BCUT2D eigenvalue weighted by Gasteiger charge is 2.18. The van der Waals surface area contributed by atoms with Gasteiger partial charge in [-0.05, 0) is 144 Å².